The number of rotatable bonds is 9. The molecule has 1 unspecified atom stereocenters. The molecule has 32 heavy (non-hydrogen) atoms. The van der Waals surface area contributed by atoms with E-state index in [1.807, 2.05) is 7.05 Å². The van der Waals surface area contributed by atoms with E-state index in [-0.39, 0.29) is 11.8 Å². The minimum atomic E-state index is -0.155. The van der Waals surface area contributed by atoms with Gasteiger partial charge in [-0.3, -0.25) is 14.5 Å². The predicted molar refractivity (Wildman–Crippen MR) is 117 cm³/mol. The van der Waals surface area contributed by atoms with E-state index in [2.05, 4.69) is 15.0 Å². The van der Waals surface area contributed by atoms with Gasteiger partial charge in [-0.25, -0.2) is 0 Å². The molecule has 3 aliphatic rings. The molecule has 0 bridgehead atoms. The summed E-state index contributed by atoms with van der Waals surface area (Å²) in [5.74, 6) is 1.05. The second kappa shape index (κ2) is 10.3. The molecule has 9 nitrogen and oxygen atoms in total. The predicted octanol–water partition coefficient (Wildman–Crippen LogP) is 1.69. The Bertz CT molecular complexity index is 802. The maximum Gasteiger partial charge on any atom is 0.276 e. The highest BCUT2D eigenvalue weighted by Crippen LogP contribution is 2.33. The Balaban J connectivity index is 1.40. The quantitative estimate of drug-likeness (QED) is 0.568. The molecule has 0 spiro atoms. The third-order valence-corrected chi connectivity index (χ3v) is 7.05. The second-order valence-electron chi connectivity index (χ2n) is 9.31. The third-order valence-electron chi connectivity index (χ3n) is 7.05. The topological polar surface area (TPSA) is 88.4 Å². The van der Waals surface area contributed by atoms with E-state index in [0.717, 1.165) is 65.0 Å². The highest BCUT2D eigenvalue weighted by atomic mass is 16.5. The van der Waals surface area contributed by atoms with E-state index in [1.54, 1.807) is 18.9 Å². The Hall–Kier alpha value is -1.97. The van der Waals surface area contributed by atoms with Crippen LogP contribution in [0.3, 0.4) is 0 Å². The van der Waals surface area contributed by atoms with E-state index < -0.39 is 0 Å². The normalized spacial score (nSPS) is 22.0. The fourth-order valence-corrected chi connectivity index (χ4v) is 4.90. The van der Waals surface area contributed by atoms with Gasteiger partial charge in [0.05, 0.1) is 12.2 Å². The lowest BCUT2D eigenvalue weighted by Gasteiger charge is -2.39. The molecule has 2 amide bonds. The van der Waals surface area contributed by atoms with Gasteiger partial charge in [-0.15, -0.1) is 0 Å². The van der Waals surface area contributed by atoms with Gasteiger partial charge in [0.25, 0.3) is 5.91 Å². The molecule has 1 atom stereocenters. The van der Waals surface area contributed by atoms with E-state index in [4.69, 9.17) is 14.0 Å². The minimum Gasteiger partial charge on any atom is -0.381 e. The van der Waals surface area contributed by atoms with Crippen LogP contribution in [0.1, 0.15) is 53.9 Å². The second-order valence-corrected chi connectivity index (χ2v) is 9.31. The first-order chi connectivity index (χ1) is 15.5. The number of likely N-dealkylation sites (tertiary alicyclic amines) is 1. The summed E-state index contributed by atoms with van der Waals surface area (Å²) >= 11 is 0. The minimum absolute atomic E-state index is 0.155. The van der Waals surface area contributed by atoms with Crippen LogP contribution in [0, 0.1) is 12.8 Å². The molecule has 1 aliphatic carbocycles. The zero-order valence-corrected chi connectivity index (χ0v) is 19.5. The molecule has 4 rings (SSSR count). The number of carbonyl (C=O) groups excluding carboxylic acids is 2. The van der Waals surface area contributed by atoms with Gasteiger partial charge >= 0.3 is 0 Å². The van der Waals surface area contributed by atoms with Crippen LogP contribution < -0.4 is 0 Å². The number of aryl methyl sites for hydroxylation is 1. The highest BCUT2D eigenvalue weighted by Gasteiger charge is 2.39. The summed E-state index contributed by atoms with van der Waals surface area (Å²) in [4.78, 5) is 31.9. The Morgan fingerprint density at radius 1 is 1.12 bits per heavy atom. The summed E-state index contributed by atoms with van der Waals surface area (Å²) in [7, 11) is 3.40. The van der Waals surface area contributed by atoms with Crippen molar-refractivity contribution in [3.05, 3.63) is 17.0 Å². The van der Waals surface area contributed by atoms with Crippen LogP contribution in [0.4, 0.5) is 0 Å². The first kappa shape index (κ1) is 23.2. The van der Waals surface area contributed by atoms with Crippen molar-refractivity contribution >= 4 is 11.8 Å². The van der Waals surface area contributed by atoms with Gasteiger partial charge in [0.2, 0.25) is 5.91 Å². The van der Waals surface area contributed by atoms with Crippen molar-refractivity contribution in [1.29, 1.82) is 0 Å². The highest BCUT2D eigenvalue weighted by molar-refractivity contribution is 5.93. The van der Waals surface area contributed by atoms with E-state index in [1.165, 1.54) is 0 Å². The maximum atomic E-state index is 13.0. The zero-order valence-electron chi connectivity index (χ0n) is 19.5. The molecule has 0 N–H and O–H groups in total. The summed E-state index contributed by atoms with van der Waals surface area (Å²) in [6, 6.07) is 0.759. The Morgan fingerprint density at radius 3 is 2.56 bits per heavy atom. The van der Waals surface area contributed by atoms with Gasteiger partial charge in [-0.1, -0.05) is 5.16 Å². The molecular weight excluding hydrogens is 412 g/mol. The van der Waals surface area contributed by atoms with Gasteiger partial charge in [0.15, 0.2) is 5.69 Å². The fourth-order valence-electron chi connectivity index (χ4n) is 4.90. The number of hydrogen-bond acceptors (Lipinski definition) is 7. The average molecular weight is 449 g/mol. The smallest absolute Gasteiger partial charge is 0.276 e. The van der Waals surface area contributed by atoms with E-state index in [9.17, 15) is 9.59 Å². The molecule has 1 saturated carbocycles. The largest absolute Gasteiger partial charge is 0.381 e. The number of likely N-dealkylation sites (N-methyl/N-ethyl adjacent to an activating group) is 1. The molecule has 1 aromatic rings. The molecule has 3 heterocycles. The number of methoxy groups -OCH3 is 1. The van der Waals surface area contributed by atoms with Crippen molar-refractivity contribution in [2.75, 3.05) is 53.6 Å². The van der Waals surface area contributed by atoms with Crippen molar-refractivity contribution in [1.82, 2.24) is 19.9 Å². The number of carbonyl (C=O) groups is 2. The number of aromatic nitrogens is 1. The van der Waals surface area contributed by atoms with Gasteiger partial charge in [-0.2, -0.15) is 0 Å². The lowest BCUT2D eigenvalue weighted by molar-refractivity contribution is -0.131. The van der Waals surface area contributed by atoms with Gasteiger partial charge < -0.3 is 23.8 Å². The standard InChI is InChI=1S/C23H36N4O5/c1-16-20(15-30-3)21(24-32-16)23(29)25(2)10-11-27(18-7-12-31-13-8-18)19-6-9-26(14-19)22(28)17-4-5-17/h17-19H,4-15H2,1-3H3. The lowest BCUT2D eigenvalue weighted by Crippen LogP contribution is -2.50. The fraction of sp³-hybridized carbons (Fsp3) is 0.783. The monoisotopic (exact) mass is 448 g/mol. The molecule has 3 fully saturated rings. The molecular formula is C23H36N4O5. The van der Waals surface area contributed by atoms with Crippen LogP contribution in [0.15, 0.2) is 4.52 Å². The molecule has 1 aromatic heterocycles. The molecule has 178 valence electrons. The summed E-state index contributed by atoms with van der Waals surface area (Å²) in [6.45, 7) is 6.61. The molecule has 9 heteroatoms. The number of amides is 2. The van der Waals surface area contributed by atoms with Crippen LogP contribution >= 0.6 is 0 Å². The summed E-state index contributed by atoms with van der Waals surface area (Å²) < 4.78 is 16.0. The summed E-state index contributed by atoms with van der Waals surface area (Å²) in [5.41, 5.74) is 1.03. The maximum absolute atomic E-state index is 13.0. The average Bonchev–Trinajstić information content (AvgIpc) is 3.44. The van der Waals surface area contributed by atoms with E-state index >= 15 is 0 Å². The first-order valence-corrected chi connectivity index (χ1v) is 11.8. The van der Waals surface area contributed by atoms with Crippen molar-refractivity contribution < 1.29 is 23.6 Å². The van der Waals surface area contributed by atoms with Crippen LogP contribution in [0.5, 0.6) is 0 Å². The van der Waals surface area contributed by atoms with Gasteiger partial charge in [-0.05, 0) is 39.0 Å². The lowest BCUT2D eigenvalue weighted by atomic mass is 10.0. The van der Waals surface area contributed by atoms with Crippen molar-refractivity contribution in [2.24, 2.45) is 5.92 Å². The zero-order chi connectivity index (χ0) is 22.7. The van der Waals surface area contributed by atoms with Crippen molar-refractivity contribution in [3.8, 4) is 0 Å². The summed E-state index contributed by atoms with van der Waals surface area (Å²) in [6.07, 6.45) is 5.07. The van der Waals surface area contributed by atoms with Gasteiger partial charge in [0, 0.05) is 71.6 Å². The SMILES string of the molecule is COCc1c(C(=O)N(C)CCN(C2CCOCC2)C2CCN(C(=O)C3CC3)C2)noc1C. The number of nitrogens with zero attached hydrogens (tertiary/aromatic N) is 4. The molecule has 0 aromatic carbocycles. The Morgan fingerprint density at radius 2 is 1.88 bits per heavy atom. The van der Waals surface area contributed by atoms with Crippen LogP contribution in [0.25, 0.3) is 0 Å². The van der Waals surface area contributed by atoms with Crippen molar-refractivity contribution in [2.45, 2.75) is 57.7 Å². The summed E-state index contributed by atoms with van der Waals surface area (Å²) in [5, 5.41) is 3.98. The first-order valence-electron chi connectivity index (χ1n) is 11.8. The van der Waals surface area contributed by atoms with Crippen LogP contribution in [0.2, 0.25) is 0 Å². The molecule has 2 aliphatic heterocycles. The molecule has 2 saturated heterocycles. The van der Waals surface area contributed by atoms with Crippen LogP contribution in [-0.4, -0.2) is 97.3 Å². The van der Waals surface area contributed by atoms with Crippen molar-refractivity contribution in [3.63, 3.8) is 0 Å². The Kier molecular flexibility index (Phi) is 7.48. The Labute approximate surface area is 190 Å². The third kappa shape index (κ3) is 5.15. The number of ether oxygens (including phenoxy) is 2. The van der Waals surface area contributed by atoms with Crippen LogP contribution in [-0.2, 0) is 20.9 Å². The van der Waals surface area contributed by atoms with E-state index in [0.29, 0.717) is 48.2 Å². The number of hydrogen-bond donors (Lipinski definition) is 0. The molecule has 0 radical (unpaired) electrons. The van der Waals surface area contributed by atoms with Gasteiger partial charge in [0.1, 0.15) is 5.76 Å².